The molecule has 2 rings (SSSR count). The smallest absolute Gasteiger partial charge is 0.237 e. The molecule has 1 fully saturated rings. The molecule has 0 spiro atoms. The van der Waals surface area contributed by atoms with E-state index in [2.05, 4.69) is 11.8 Å². The van der Waals surface area contributed by atoms with Crippen molar-refractivity contribution in [2.75, 3.05) is 11.5 Å². The fraction of sp³-hybridized carbons (Fsp3) is 0.333. The minimum atomic E-state index is -0.350. The molecule has 0 aromatic heterocycles. The van der Waals surface area contributed by atoms with Gasteiger partial charge in [-0.15, -0.1) is 0 Å². The van der Waals surface area contributed by atoms with E-state index in [-0.39, 0.29) is 30.3 Å². The van der Waals surface area contributed by atoms with Crippen LogP contribution in [0.1, 0.15) is 19.4 Å². The topological polar surface area (TPSA) is 57.6 Å². The summed E-state index contributed by atoms with van der Waals surface area (Å²) in [5.74, 6) is 4.05. The summed E-state index contributed by atoms with van der Waals surface area (Å²) in [5, 5.41) is 9.24. The van der Waals surface area contributed by atoms with Crippen molar-refractivity contribution < 1.29 is 14.7 Å². The maximum Gasteiger partial charge on any atom is 0.237 e. The molecular formula is C15H14ClNO3. The van der Waals surface area contributed by atoms with Crippen molar-refractivity contribution >= 4 is 29.1 Å². The summed E-state index contributed by atoms with van der Waals surface area (Å²) in [7, 11) is 0. The zero-order valence-corrected chi connectivity index (χ0v) is 11.9. The summed E-state index contributed by atoms with van der Waals surface area (Å²) in [6, 6.07) is 4.78. The van der Waals surface area contributed by atoms with Crippen LogP contribution in [0.25, 0.3) is 0 Å². The molecule has 0 saturated carbocycles. The number of hydrogen-bond donors (Lipinski definition) is 1. The van der Waals surface area contributed by atoms with Gasteiger partial charge in [-0.05, 0) is 18.2 Å². The molecule has 1 heterocycles. The van der Waals surface area contributed by atoms with E-state index >= 15 is 0 Å². The highest BCUT2D eigenvalue weighted by Crippen LogP contribution is 2.33. The minimum Gasteiger partial charge on any atom is -0.384 e. The lowest BCUT2D eigenvalue weighted by Crippen LogP contribution is -2.31. The highest BCUT2D eigenvalue weighted by atomic mass is 35.5. The number of aliphatic hydroxyl groups excluding tert-OH is 1. The minimum absolute atomic E-state index is 0.239. The molecule has 2 unspecified atom stereocenters. The molecule has 1 N–H and O–H groups in total. The lowest BCUT2D eigenvalue weighted by Gasteiger charge is -2.16. The number of rotatable bonds is 1. The molecule has 0 bridgehead atoms. The summed E-state index contributed by atoms with van der Waals surface area (Å²) in [6.07, 6.45) is 0. The maximum atomic E-state index is 12.2. The number of carbonyl (C=O) groups excluding carboxylic acids is 2. The van der Waals surface area contributed by atoms with E-state index in [9.17, 15) is 9.59 Å². The molecule has 20 heavy (non-hydrogen) atoms. The number of hydrogen-bond acceptors (Lipinski definition) is 3. The Morgan fingerprint density at radius 1 is 1.25 bits per heavy atom. The molecule has 4 nitrogen and oxygen atoms in total. The predicted octanol–water partition coefficient (Wildman–Crippen LogP) is 1.83. The summed E-state index contributed by atoms with van der Waals surface area (Å²) in [5.41, 5.74) is 0.871. The van der Waals surface area contributed by atoms with E-state index in [0.717, 1.165) is 4.90 Å². The molecule has 1 aromatic carbocycles. The second kappa shape index (κ2) is 5.66. The predicted molar refractivity (Wildman–Crippen MR) is 76.2 cm³/mol. The van der Waals surface area contributed by atoms with Gasteiger partial charge in [-0.2, -0.15) is 0 Å². The van der Waals surface area contributed by atoms with Gasteiger partial charge in [-0.25, -0.2) is 4.90 Å². The van der Waals surface area contributed by atoms with Crippen LogP contribution in [0.4, 0.5) is 5.69 Å². The molecule has 1 aliphatic rings. The Bertz CT molecular complexity index is 610. The van der Waals surface area contributed by atoms with Gasteiger partial charge in [-0.3, -0.25) is 9.59 Å². The van der Waals surface area contributed by atoms with Crippen LogP contribution >= 0.6 is 11.6 Å². The van der Waals surface area contributed by atoms with E-state index in [1.807, 2.05) is 0 Å². The molecule has 0 radical (unpaired) electrons. The van der Waals surface area contributed by atoms with Gasteiger partial charge >= 0.3 is 0 Å². The molecule has 2 amide bonds. The van der Waals surface area contributed by atoms with Gasteiger partial charge in [0.25, 0.3) is 0 Å². The Kier molecular flexibility index (Phi) is 4.12. The van der Waals surface area contributed by atoms with Crippen LogP contribution < -0.4 is 4.90 Å². The Morgan fingerprint density at radius 3 is 2.40 bits per heavy atom. The molecule has 0 aliphatic carbocycles. The normalized spacial score (nSPS) is 21.9. The third-order valence-corrected chi connectivity index (χ3v) is 3.71. The molecule has 104 valence electrons. The highest BCUT2D eigenvalue weighted by molar-refractivity contribution is 6.31. The van der Waals surface area contributed by atoms with Gasteiger partial charge < -0.3 is 5.11 Å². The first-order valence-corrected chi connectivity index (χ1v) is 6.62. The Balaban J connectivity index is 2.53. The molecular weight excluding hydrogens is 278 g/mol. The largest absolute Gasteiger partial charge is 0.384 e. The van der Waals surface area contributed by atoms with Gasteiger partial charge in [0.15, 0.2) is 0 Å². The number of amides is 2. The van der Waals surface area contributed by atoms with Crippen molar-refractivity contribution in [2.45, 2.75) is 13.8 Å². The molecule has 1 aromatic rings. The van der Waals surface area contributed by atoms with Gasteiger partial charge in [0, 0.05) is 16.9 Å². The number of nitrogens with zero attached hydrogens (tertiary/aromatic N) is 1. The fourth-order valence-corrected chi connectivity index (χ4v) is 2.29. The SMILES string of the molecule is CC1C(=O)N(c2ccc(Cl)cc2C#CCO)C(=O)C1C. The fourth-order valence-electron chi connectivity index (χ4n) is 2.12. The number of imide groups is 1. The highest BCUT2D eigenvalue weighted by Gasteiger charge is 2.43. The summed E-state index contributed by atoms with van der Waals surface area (Å²) in [6.45, 7) is 3.17. The van der Waals surface area contributed by atoms with Crippen LogP contribution in [0.3, 0.4) is 0 Å². The number of aliphatic hydroxyl groups is 1. The average Bonchev–Trinajstić information content (AvgIpc) is 2.62. The molecule has 2 atom stereocenters. The lowest BCUT2D eigenvalue weighted by molar-refractivity contribution is -0.122. The van der Waals surface area contributed by atoms with Gasteiger partial charge in [0.2, 0.25) is 11.8 Å². The number of carbonyl (C=O) groups is 2. The first-order chi connectivity index (χ1) is 9.47. The molecule has 5 heteroatoms. The Morgan fingerprint density at radius 2 is 1.85 bits per heavy atom. The van der Waals surface area contributed by atoms with Crippen molar-refractivity contribution in [3.63, 3.8) is 0 Å². The van der Waals surface area contributed by atoms with Crippen molar-refractivity contribution in [1.82, 2.24) is 0 Å². The second-order valence-electron chi connectivity index (χ2n) is 4.71. The van der Waals surface area contributed by atoms with Crippen LogP contribution in [0.2, 0.25) is 5.02 Å². The number of benzene rings is 1. The first-order valence-electron chi connectivity index (χ1n) is 6.24. The molecule has 1 saturated heterocycles. The average molecular weight is 292 g/mol. The standard InChI is InChI=1S/C15H14ClNO3/c1-9-10(2)15(20)17(14(9)19)13-6-5-12(16)8-11(13)4-3-7-18/h5-6,8-10,18H,7H2,1-2H3. The van der Waals surface area contributed by atoms with Crippen LogP contribution in [0.15, 0.2) is 18.2 Å². The van der Waals surface area contributed by atoms with Gasteiger partial charge in [-0.1, -0.05) is 37.3 Å². The van der Waals surface area contributed by atoms with E-state index in [1.165, 1.54) is 0 Å². The van der Waals surface area contributed by atoms with Crippen LogP contribution in [0.5, 0.6) is 0 Å². The van der Waals surface area contributed by atoms with Crippen molar-refractivity contribution in [3.8, 4) is 11.8 Å². The zero-order chi connectivity index (χ0) is 14.9. The van der Waals surface area contributed by atoms with E-state index in [1.54, 1.807) is 32.0 Å². The zero-order valence-electron chi connectivity index (χ0n) is 11.2. The van der Waals surface area contributed by atoms with Crippen molar-refractivity contribution in [2.24, 2.45) is 11.8 Å². The van der Waals surface area contributed by atoms with Gasteiger partial charge in [0.1, 0.15) is 6.61 Å². The maximum absolute atomic E-state index is 12.2. The Labute approximate surface area is 122 Å². The van der Waals surface area contributed by atoms with E-state index < -0.39 is 0 Å². The van der Waals surface area contributed by atoms with E-state index in [4.69, 9.17) is 16.7 Å². The Hall–Kier alpha value is -1.83. The quantitative estimate of drug-likeness (QED) is 0.634. The summed E-state index contributed by atoms with van der Waals surface area (Å²) >= 11 is 5.91. The number of anilines is 1. The summed E-state index contributed by atoms with van der Waals surface area (Å²) < 4.78 is 0. The van der Waals surface area contributed by atoms with Crippen LogP contribution in [0, 0.1) is 23.7 Å². The third kappa shape index (κ3) is 2.43. The summed E-state index contributed by atoms with van der Waals surface area (Å²) in [4.78, 5) is 25.6. The second-order valence-corrected chi connectivity index (χ2v) is 5.15. The van der Waals surface area contributed by atoms with Crippen LogP contribution in [-0.2, 0) is 9.59 Å². The van der Waals surface area contributed by atoms with Crippen molar-refractivity contribution in [3.05, 3.63) is 28.8 Å². The lowest BCUT2D eigenvalue weighted by atomic mass is 10.00. The monoisotopic (exact) mass is 291 g/mol. The molecule has 1 aliphatic heterocycles. The third-order valence-electron chi connectivity index (χ3n) is 3.47. The van der Waals surface area contributed by atoms with Gasteiger partial charge in [0.05, 0.1) is 11.3 Å². The first kappa shape index (κ1) is 14.6. The van der Waals surface area contributed by atoms with Crippen LogP contribution in [-0.4, -0.2) is 23.5 Å². The van der Waals surface area contributed by atoms with E-state index in [0.29, 0.717) is 16.3 Å². The number of halogens is 1. The van der Waals surface area contributed by atoms with Crippen molar-refractivity contribution in [1.29, 1.82) is 0 Å².